The summed E-state index contributed by atoms with van der Waals surface area (Å²) in [7, 11) is 0. The average Bonchev–Trinajstić information content (AvgIpc) is 2.64. The van der Waals surface area contributed by atoms with E-state index in [2.05, 4.69) is 5.92 Å². The summed E-state index contributed by atoms with van der Waals surface area (Å²) in [5.74, 6) is 2.74. The highest BCUT2D eigenvalue weighted by Crippen LogP contribution is 2.24. The van der Waals surface area contributed by atoms with Crippen molar-refractivity contribution in [1.29, 1.82) is 0 Å². The number of pyridine rings is 1. The molecule has 0 radical (unpaired) electrons. The molecule has 1 atom stereocenters. The SMILES string of the molecule is C#CCOc1ccc([C@@H](CC)OC(=O)CCn2ccccc2=O)cc1. The molecule has 2 aromatic rings. The van der Waals surface area contributed by atoms with Gasteiger partial charge in [-0.3, -0.25) is 9.59 Å². The second-order valence-corrected chi connectivity index (χ2v) is 5.43. The third kappa shape index (κ3) is 5.54. The highest BCUT2D eigenvalue weighted by atomic mass is 16.5. The Labute approximate surface area is 147 Å². The van der Waals surface area contributed by atoms with Crippen molar-refractivity contribution in [1.82, 2.24) is 4.57 Å². The lowest BCUT2D eigenvalue weighted by atomic mass is 10.1. The predicted molar refractivity (Wildman–Crippen MR) is 95.2 cm³/mol. The van der Waals surface area contributed by atoms with Gasteiger partial charge in [-0.2, -0.15) is 0 Å². The van der Waals surface area contributed by atoms with Gasteiger partial charge in [0, 0.05) is 18.8 Å². The summed E-state index contributed by atoms with van der Waals surface area (Å²) >= 11 is 0. The molecular weight excluding hydrogens is 318 g/mol. The van der Waals surface area contributed by atoms with Crippen molar-refractivity contribution < 1.29 is 14.3 Å². The van der Waals surface area contributed by atoms with E-state index < -0.39 is 0 Å². The normalized spacial score (nSPS) is 11.4. The third-order valence-electron chi connectivity index (χ3n) is 3.67. The maximum absolute atomic E-state index is 12.1. The van der Waals surface area contributed by atoms with E-state index >= 15 is 0 Å². The number of nitrogens with zero attached hydrogens (tertiary/aromatic N) is 1. The molecule has 0 N–H and O–H groups in total. The van der Waals surface area contributed by atoms with Crippen molar-refractivity contribution in [3.05, 3.63) is 64.6 Å². The quantitative estimate of drug-likeness (QED) is 0.548. The Hall–Kier alpha value is -3.00. The maximum Gasteiger partial charge on any atom is 0.308 e. The first kappa shape index (κ1) is 18.3. The fourth-order valence-corrected chi connectivity index (χ4v) is 2.37. The van der Waals surface area contributed by atoms with Gasteiger partial charge in [0.1, 0.15) is 18.5 Å². The lowest BCUT2D eigenvalue weighted by Gasteiger charge is -2.17. The Morgan fingerprint density at radius 1 is 1.24 bits per heavy atom. The van der Waals surface area contributed by atoms with Crippen molar-refractivity contribution in [3.63, 3.8) is 0 Å². The number of aromatic nitrogens is 1. The van der Waals surface area contributed by atoms with Crippen molar-refractivity contribution in [2.75, 3.05) is 6.61 Å². The molecule has 0 aliphatic carbocycles. The van der Waals surface area contributed by atoms with Crippen LogP contribution >= 0.6 is 0 Å². The van der Waals surface area contributed by atoms with Crippen LogP contribution in [0.3, 0.4) is 0 Å². The smallest absolute Gasteiger partial charge is 0.308 e. The number of carbonyl (C=O) groups excluding carboxylic acids is 1. The van der Waals surface area contributed by atoms with Crippen LogP contribution in [0.15, 0.2) is 53.5 Å². The summed E-state index contributed by atoms with van der Waals surface area (Å²) in [6.45, 7) is 2.46. The number of terminal acetylenes is 1. The predicted octanol–water partition coefficient (Wildman–Crippen LogP) is 2.94. The summed E-state index contributed by atoms with van der Waals surface area (Å²) in [5, 5.41) is 0. The van der Waals surface area contributed by atoms with Crippen molar-refractivity contribution in [3.8, 4) is 18.1 Å². The van der Waals surface area contributed by atoms with Crippen LogP contribution in [0.4, 0.5) is 0 Å². The molecule has 25 heavy (non-hydrogen) atoms. The van der Waals surface area contributed by atoms with E-state index in [1.54, 1.807) is 30.5 Å². The third-order valence-corrected chi connectivity index (χ3v) is 3.67. The summed E-state index contributed by atoms with van der Waals surface area (Å²) in [4.78, 5) is 23.7. The van der Waals surface area contributed by atoms with E-state index in [9.17, 15) is 9.59 Å². The van der Waals surface area contributed by atoms with Gasteiger partial charge in [-0.25, -0.2) is 0 Å². The molecule has 0 unspecified atom stereocenters. The van der Waals surface area contributed by atoms with E-state index in [0.29, 0.717) is 18.7 Å². The molecular formula is C20H21NO4. The highest BCUT2D eigenvalue weighted by molar-refractivity contribution is 5.69. The topological polar surface area (TPSA) is 57.5 Å². The standard InChI is InChI=1S/C20H21NO4/c1-3-15-24-17-10-8-16(9-11-17)18(4-2)25-20(23)12-14-21-13-6-5-7-19(21)22/h1,5-11,13,18H,4,12,14-15H2,2H3/t18-/m1/s1. The molecule has 2 rings (SSSR count). The molecule has 0 fully saturated rings. The molecule has 0 spiro atoms. The molecule has 0 amide bonds. The molecule has 0 saturated carbocycles. The van der Waals surface area contributed by atoms with Gasteiger partial charge in [0.05, 0.1) is 6.42 Å². The van der Waals surface area contributed by atoms with Gasteiger partial charge >= 0.3 is 5.97 Å². The number of esters is 1. The molecule has 5 nitrogen and oxygen atoms in total. The Bertz CT molecular complexity index is 786. The van der Waals surface area contributed by atoms with Crippen LogP contribution in [0.1, 0.15) is 31.4 Å². The van der Waals surface area contributed by atoms with Crippen LogP contribution in [0, 0.1) is 12.3 Å². The lowest BCUT2D eigenvalue weighted by Crippen LogP contribution is -2.20. The second kappa shape index (κ2) is 9.33. The fourth-order valence-electron chi connectivity index (χ4n) is 2.37. The largest absolute Gasteiger partial charge is 0.481 e. The molecule has 0 saturated heterocycles. The Morgan fingerprint density at radius 3 is 2.64 bits per heavy atom. The number of carbonyl (C=O) groups is 1. The molecule has 1 aromatic carbocycles. The Kier molecular flexibility index (Phi) is 6.85. The van der Waals surface area contributed by atoms with Crippen molar-refractivity contribution in [2.24, 2.45) is 0 Å². The average molecular weight is 339 g/mol. The summed E-state index contributed by atoms with van der Waals surface area (Å²) < 4.78 is 12.4. The molecule has 1 heterocycles. The van der Waals surface area contributed by atoms with Gasteiger partial charge in [0.25, 0.3) is 5.56 Å². The first-order valence-corrected chi connectivity index (χ1v) is 8.15. The van der Waals surface area contributed by atoms with Gasteiger partial charge in [-0.1, -0.05) is 31.0 Å². The second-order valence-electron chi connectivity index (χ2n) is 5.43. The first-order chi connectivity index (χ1) is 12.1. The minimum Gasteiger partial charge on any atom is -0.481 e. The van der Waals surface area contributed by atoms with Crippen LogP contribution in [0.2, 0.25) is 0 Å². The number of ether oxygens (including phenoxy) is 2. The molecule has 130 valence electrons. The van der Waals surface area contributed by atoms with E-state index in [1.165, 1.54) is 10.6 Å². The molecule has 0 bridgehead atoms. The van der Waals surface area contributed by atoms with E-state index in [1.807, 2.05) is 19.1 Å². The highest BCUT2D eigenvalue weighted by Gasteiger charge is 2.15. The van der Waals surface area contributed by atoms with Crippen LogP contribution in [0.5, 0.6) is 5.75 Å². The number of benzene rings is 1. The van der Waals surface area contributed by atoms with E-state index in [-0.39, 0.29) is 30.7 Å². The number of rotatable bonds is 8. The van der Waals surface area contributed by atoms with E-state index in [0.717, 1.165) is 5.56 Å². The zero-order valence-corrected chi connectivity index (χ0v) is 14.2. The number of hydrogen-bond acceptors (Lipinski definition) is 4. The molecule has 0 aliphatic rings. The summed E-state index contributed by atoms with van der Waals surface area (Å²) in [6.07, 6.45) is 7.28. The first-order valence-electron chi connectivity index (χ1n) is 8.15. The lowest BCUT2D eigenvalue weighted by molar-refractivity contribution is -0.150. The maximum atomic E-state index is 12.1. The Morgan fingerprint density at radius 2 is 2.00 bits per heavy atom. The molecule has 0 aliphatic heterocycles. The summed E-state index contributed by atoms with van der Waals surface area (Å²) in [5.41, 5.74) is 0.755. The number of hydrogen-bond donors (Lipinski definition) is 0. The van der Waals surface area contributed by atoms with Crippen LogP contribution in [-0.4, -0.2) is 17.1 Å². The van der Waals surface area contributed by atoms with Gasteiger partial charge in [-0.05, 0) is 30.2 Å². The number of aryl methyl sites for hydroxylation is 1. The van der Waals surface area contributed by atoms with Crippen LogP contribution in [0.25, 0.3) is 0 Å². The minimum atomic E-state index is -0.338. The van der Waals surface area contributed by atoms with Gasteiger partial charge in [-0.15, -0.1) is 6.42 Å². The molecule has 1 aromatic heterocycles. The monoisotopic (exact) mass is 339 g/mol. The van der Waals surface area contributed by atoms with Gasteiger partial charge < -0.3 is 14.0 Å². The zero-order chi connectivity index (χ0) is 18.1. The van der Waals surface area contributed by atoms with Gasteiger partial charge in [0.15, 0.2) is 0 Å². The van der Waals surface area contributed by atoms with Crippen molar-refractivity contribution >= 4 is 5.97 Å². The zero-order valence-electron chi connectivity index (χ0n) is 14.2. The Balaban J connectivity index is 1.92. The minimum absolute atomic E-state index is 0.134. The van der Waals surface area contributed by atoms with Crippen molar-refractivity contribution in [2.45, 2.75) is 32.4 Å². The summed E-state index contributed by atoms with van der Waals surface area (Å²) in [6, 6.07) is 12.2. The fraction of sp³-hybridized carbons (Fsp3) is 0.300. The van der Waals surface area contributed by atoms with Gasteiger partial charge in [0.2, 0.25) is 0 Å². The van der Waals surface area contributed by atoms with Crippen LogP contribution < -0.4 is 10.3 Å². The van der Waals surface area contributed by atoms with E-state index in [4.69, 9.17) is 15.9 Å². The molecule has 5 heteroatoms. The van der Waals surface area contributed by atoms with Crippen LogP contribution in [-0.2, 0) is 16.1 Å².